The highest BCUT2D eigenvalue weighted by Gasteiger charge is 2.28. The number of para-hydroxylation sites is 1. The molecule has 5 nitrogen and oxygen atoms in total. The number of nitrogens with one attached hydrogen (secondary N) is 2. The highest BCUT2D eigenvalue weighted by atomic mass is 127. The van der Waals surface area contributed by atoms with Gasteiger partial charge in [0.15, 0.2) is 12.6 Å². The van der Waals surface area contributed by atoms with Crippen molar-refractivity contribution in [2.75, 3.05) is 13.7 Å². The summed E-state index contributed by atoms with van der Waals surface area (Å²) in [5.41, 5.74) is 0.613. The van der Waals surface area contributed by atoms with E-state index in [0.717, 1.165) is 11.4 Å². The third-order valence-corrected chi connectivity index (χ3v) is 4.53. The second kappa shape index (κ2) is 11.3. The Hall–Kier alpha value is -1.56. The summed E-state index contributed by atoms with van der Waals surface area (Å²) >= 11 is 1.63. The Labute approximate surface area is 177 Å². The van der Waals surface area contributed by atoms with Crippen LogP contribution < -0.4 is 15.4 Å². The fourth-order valence-electron chi connectivity index (χ4n) is 2.10. The number of rotatable bonds is 7. The highest BCUT2D eigenvalue weighted by molar-refractivity contribution is 14.0. The molecule has 1 aromatic heterocycles. The minimum atomic E-state index is -4.37. The van der Waals surface area contributed by atoms with Crippen molar-refractivity contribution in [1.29, 1.82) is 0 Å². The normalized spacial score (nSPS) is 11.7. The van der Waals surface area contributed by atoms with Crippen LogP contribution in [0.2, 0.25) is 0 Å². The summed E-state index contributed by atoms with van der Waals surface area (Å²) in [6.45, 7) is 1.56. The van der Waals surface area contributed by atoms with Gasteiger partial charge in [0.05, 0.1) is 6.54 Å². The number of thiazole rings is 1. The quantitative estimate of drug-likeness (QED) is 0.332. The first kappa shape index (κ1) is 23.5. The zero-order chi connectivity index (χ0) is 19.0. The van der Waals surface area contributed by atoms with E-state index in [2.05, 4.69) is 27.5 Å². The maximum absolute atomic E-state index is 12.4. The van der Waals surface area contributed by atoms with E-state index in [1.807, 2.05) is 6.20 Å². The number of aromatic nitrogens is 1. The summed E-state index contributed by atoms with van der Waals surface area (Å²) in [5.74, 6) is 0.726. The number of hydrogen-bond donors (Lipinski definition) is 2. The SMILES string of the molecule is CCc1cnc(CNC(=NC)NCc2ccccc2OCC(F)(F)F)s1.I. The molecular weight excluding hydrogens is 492 g/mol. The summed E-state index contributed by atoms with van der Waals surface area (Å²) in [6.07, 6.45) is -1.57. The molecule has 0 aliphatic rings. The second-order valence-electron chi connectivity index (χ2n) is 5.36. The highest BCUT2D eigenvalue weighted by Crippen LogP contribution is 2.22. The fourth-order valence-corrected chi connectivity index (χ4v) is 2.90. The fraction of sp³-hybridized carbons (Fsp3) is 0.412. The molecule has 1 heterocycles. The van der Waals surface area contributed by atoms with Gasteiger partial charge in [0.25, 0.3) is 0 Å². The van der Waals surface area contributed by atoms with Crippen LogP contribution in [0.5, 0.6) is 5.75 Å². The van der Waals surface area contributed by atoms with E-state index in [1.165, 1.54) is 10.9 Å². The second-order valence-corrected chi connectivity index (χ2v) is 6.56. The molecule has 2 rings (SSSR count). The molecule has 0 atom stereocenters. The van der Waals surface area contributed by atoms with E-state index in [0.29, 0.717) is 18.1 Å². The molecule has 1 aromatic carbocycles. The van der Waals surface area contributed by atoms with Crippen molar-refractivity contribution in [1.82, 2.24) is 15.6 Å². The Balaban J connectivity index is 0.00000364. The first-order valence-electron chi connectivity index (χ1n) is 8.07. The lowest BCUT2D eigenvalue weighted by Crippen LogP contribution is -2.36. The smallest absolute Gasteiger partial charge is 0.422 e. The number of aliphatic imine (C=N–C) groups is 1. The van der Waals surface area contributed by atoms with Gasteiger partial charge in [-0.15, -0.1) is 35.3 Å². The van der Waals surface area contributed by atoms with Crippen LogP contribution in [0, 0.1) is 0 Å². The number of alkyl halides is 3. The van der Waals surface area contributed by atoms with Gasteiger partial charge >= 0.3 is 6.18 Å². The van der Waals surface area contributed by atoms with Crippen molar-refractivity contribution >= 4 is 41.3 Å². The van der Waals surface area contributed by atoms with Gasteiger partial charge < -0.3 is 15.4 Å². The number of ether oxygens (including phenoxy) is 1. The number of aryl methyl sites for hydroxylation is 1. The summed E-state index contributed by atoms with van der Waals surface area (Å²) in [7, 11) is 1.63. The average molecular weight is 514 g/mol. The topological polar surface area (TPSA) is 58.5 Å². The molecule has 0 fully saturated rings. The molecule has 0 aliphatic heterocycles. The molecule has 0 bridgehead atoms. The maximum Gasteiger partial charge on any atom is 0.422 e. The van der Waals surface area contributed by atoms with Gasteiger partial charge in [-0.25, -0.2) is 4.98 Å². The van der Waals surface area contributed by atoms with E-state index in [1.54, 1.807) is 36.6 Å². The van der Waals surface area contributed by atoms with Gasteiger partial charge in [-0.3, -0.25) is 4.99 Å². The third-order valence-electron chi connectivity index (χ3n) is 3.39. The van der Waals surface area contributed by atoms with Crippen LogP contribution in [0.25, 0.3) is 0 Å². The predicted octanol–water partition coefficient (Wildman–Crippen LogP) is 4.13. The van der Waals surface area contributed by atoms with E-state index >= 15 is 0 Å². The minimum absolute atomic E-state index is 0. The van der Waals surface area contributed by atoms with Crippen molar-refractivity contribution in [3.8, 4) is 5.75 Å². The Morgan fingerprint density at radius 3 is 2.56 bits per heavy atom. The summed E-state index contributed by atoms with van der Waals surface area (Å²) in [4.78, 5) is 9.64. The van der Waals surface area contributed by atoms with Crippen molar-refractivity contribution in [2.45, 2.75) is 32.6 Å². The molecule has 0 saturated carbocycles. The van der Waals surface area contributed by atoms with E-state index in [-0.39, 0.29) is 36.3 Å². The Morgan fingerprint density at radius 1 is 1.22 bits per heavy atom. The third kappa shape index (κ3) is 8.33. The van der Waals surface area contributed by atoms with Gasteiger partial charge in [0, 0.05) is 30.2 Å². The predicted molar refractivity (Wildman–Crippen MR) is 112 cm³/mol. The van der Waals surface area contributed by atoms with Crippen LogP contribution in [0.3, 0.4) is 0 Å². The Morgan fingerprint density at radius 2 is 1.93 bits per heavy atom. The molecular formula is C17H22F3IN4OS. The van der Waals surface area contributed by atoms with Crippen LogP contribution in [-0.2, 0) is 19.5 Å². The van der Waals surface area contributed by atoms with Crippen LogP contribution in [0.4, 0.5) is 13.2 Å². The number of halogens is 4. The molecule has 150 valence electrons. The molecule has 27 heavy (non-hydrogen) atoms. The van der Waals surface area contributed by atoms with Crippen molar-refractivity contribution in [2.24, 2.45) is 4.99 Å². The van der Waals surface area contributed by atoms with Crippen LogP contribution in [-0.4, -0.2) is 30.8 Å². The van der Waals surface area contributed by atoms with E-state index in [9.17, 15) is 13.2 Å². The molecule has 2 N–H and O–H groups in total. The van der Waals surface area contributed by atoms with Crippen molar-refractivity contribution in [3.63, 3.8) is 0 Å². The molecule has 10 heteroatoms. The van der Waals surface area contributed by atoms with Gasteiger partial charge in [-0.05, 0) is 12.5 Å². The Kier molecular flexibility index (Phi) is 9.84. The van der Waals surface area contributed by atoms with Crippen LogP contribution in [0.1, 0.15) is 22.4 Å². The number of guanidine groups is 1. The molecule has 2 aromatic rings. The molecule has 0 aliphatic carbocycles. The monoisotopic (exact) mass is 514 g/mol. The van der Waals surface area contributed by atoms with Gasteiger partial charge in [-0.1, -0.05) is 25.1 Å². The van der Waals surface area contributed by atoms with Crippen LogP contribution in [0.15, 0.2) is 35.5 Å². The first-order chi connectivity index (χ1) is 12.4. The lowest BCUT2D eigenvalue weighted by molar-refractivity contribution is -0.153. The minimum Gasteiger partial charge on any atom is -0.484 e. The van der Waals surface area contributed by atoms with Gasteiger partial charge in [0.2, 0.25) is 0 Å². The van der Waals surface area contributed by atoms with Crippen molar-refractivity contribution in [3.05, 3.63) is 45.9 Å². The standard InChI is InChI=1S/C17H21F3N4OS.HI/c1-3-13-9-22-15(26-13)10-24-16(21-2)23-8-12-6-4-5-7-14(12)25-11-17(18,19)20;/h4-7,9H,3,8,10-11H2,1-2H3,(H2,21,23,24);1H. The summed E-state index contributed by atoms with van der Waals surface area (Å²) < 4.78 is 41.9. The van der Waals surface area contributed by atoms with E-state index < -0.39 is 12.8 Å². The average Bonchev–Trinajstić information content (AvgIpc) is 3.08. The molecule has 0 radical (unpaired) electrons. The van der Waals surface area contributed by atoms with Gasteiger partial charge in [-0.2, -0.15) is 13.2 Å². The Bertz CT molecular complexity index is 737. The van der Waals surface area contributed by atoms with Crippen molar-refractivity contribution < 1.29 is 17.9 Å². The summed E-state index contributed by atoms with van der Waals surface area (Å²) in [5, 5.41) is 7.15. The largest absolute Gasteiger partial charge is 0.484 e. The van der Waals surface area contributed by atoms with Gasteiger partial charge in [0.1, 0.15) is 10.8 Å². The first-order valence-corrected chi connectivity index (χ1v) is 8.88. The number of nitrogens with zero attached hydrogens (tertiary/aromatic N) is 2. The molecule has 0 unspecified atom stereocenters. The summed E-state index contributed by atoms with van der Waals surface area (Å²) in [6, 6.07) is 6.60. The lowest BCUT2D eigenvalue weighted by atomic mass is 10.2. The molecule has 0 spiro atoms. The van der Waals surface area contributed by atoms with Crippen LogP contribution >= 0.6 is 35.3 Å². The lowest BCUT2D eigenvalue weighted by Gasteiger charge is -2.15. The maximum atomic E-state index is 12.4. The number of benzene rings is 1. The molecule has 0 saturated heterocycles. The molecule has 0 amide bonds. The zero-order valence-electron chi connectivity index (χ0n) is 15.0. The zero-order valence-corrected chi connectivity index (χ0v) is 18.1. The van der Waals surface area contributed by atoms with E-state index in [4.69, 9.17) is 4.74 Å². The number of hydrogen-bond acceptors (Lipinski definition) is 4.